The number of nitrogens with two attached hydrogens (primary N) is 1. The molecule has 0 aliphatic heterocycles. The average Bonchev–Trinajstić information content (AvgIpc) is 2.69. The fourth-order valence-electron chi connectivity index (χ4n) is 1.44. The number of benzene rings is 1. The first-order chi connectivity index (χ1) is 8.81. The van der Waals surface area contributed by atoms with Gasteiger partial charge in [0.25, 0.3) is 10.0 Å². The number of sulfonamides is 1. The third-order valence-electron chi connectivity index (χ3n) is 2.55. The number of halogens is 1. The summed E-state index contributed by atoms with van der Waals surface area (Å²) in [6.45, 7) is 1.74. The van der Waals surface area contributed by atoms with E-state index in [0.29, 0.717) is 11.3 Å². The molecule has 0 fully saturated rings. The molecule has 2 rings (SSSR count). The Morgan fingerprint density at radius 1 is 1.42 bits per heavy atom. The Morgan fingerprint density at radius 3 is 2.68 bits per heavy atom. The molecule has 0 amide bonds. The van der Waals surface area contributed by atoms with Crippen LogP contribution in [0.2, 0.25) is 5.02 Å². The highest BCUT2D eigenvalue weighted by Gasteiger charge is 2.21. The smallest absolute Gasteiger partial charge is 0.265 e. The molecule has 7 nitrogen and oxygen atoms in total. The van der Waals surface area contributed by atoms with E-state index in [4.69, 9.17) is 17.3 Å². The molecule has 2 aromatic rings. The summed E-state index contributed by atoms with van der Waals surface area (Å²) in [5.74, 6) is 0.0928. The highest BCUT2D eigenvalue weighted by Crippen LogP contribution is 2.27. The minimum atomic E-state index is -3.86. The number of hydrogen-bond donors (Lipinski definition) is 2. The van der Waals surface area contributed by atoms with Crippen LogP contribution in [-0.2, 0) is 17.1 Å². The van der Waals surface area contributed by atoms with Crippen LogP contribution in [0.15, 0.2) is 23.4 Å². The lowest BCUT2D eigenvalue weighted by Crippen LogP contribution is -2.17. The number of anilines is 2. The summed E-state index contributed by atoms with van der Waals surface area (Å²) in [6.07, 6.45) is 1.24. The van der Waals surface area contributed by atoms with Crippen LogP contribution in [0, 0.1) is 6.92 Å². The van der Waals surface area contributed by atoms with Crippen molar-refractivity contribution >= 4 is 33.3 Å². The third kappa shape index (κ3) is 2.64. The molecular weight excluding hydrogens is 290 g/mol. The summed E-state index contributed by atoms with van der Waals surface area (Å²) in [4.78, 5) is 3.69. The Balaban J connectivity index is 2.46. The topological polar surface area (TPSA) is 103 Å². The van der Waals surface area contributed by atoms with Gasteiger partial charge in [0.15, 0.2) is 0 Å². The van der Waals surface area contributed by atoms with Crippen LogP contribution in [0.4, 0.5) is 11.6 Å². The van der Waals surface area contributed by atoms with E-state index in [-0.39, 0.29) is 15.9 Å². The number of nitrogen functional groups attached to an aromatic ring is 1. The molecule has 0 saturated heterocycles. The highest BCUT2D eigenvalue weighted by molar-refractivity contribution is 7.92. The Labute approximate surface area is 115 Å². The standard InChI is InChI=1S/C10H12ClN5O2S/c1-6-3-7(11)9(4-8(6)12)19(17,18)15-10-13-5-14-16(10)2/h3-5H,12H2,1-2H3,(H,13,14,15). The molecule has 0 aliphatic carbocycles. The van der Waals surface area contributed by atoms with Crippen molar-refractivity contribution in [3.63, 3.8) is 0 Å². The van der Waals surface area contributed by atoms with Gasteiger partial charge in [-0.25, -0.2) is 17.8 Å². The van der Waals surface area contributed by atoms with Crippen molar-refractivity contribution in [2.75, 3.05) is 10.5 Å². The second-order valence-electron chi connectivity index (χ2n) is 3.95. The summed E-state index contributed by atoms with van der Waals surface area (Å²) in [7, 11) is -2.30. The van der Waals surface area contributed by atoms with E-state index in [1.54, 1.807) is 14.0 Å². The fourth-order valence-corrected chi connectivity index (χ4v) is 3.09. The van der Waals surface area contributed by atoms with E-state index < -0.39 is 10.0 Å². The second kappa shape index (κ2) is 4.71. The predicted octanol–water partition coefficient (Wildman–Crippen LogP) is 1.16. The van der Waals surface area contributed by atoms with Crippen LogP contribution in [0.3, 0.4) is 0 Å². The van der Waals surface area contributed by atoms with E-state index in [9.17, 15) is 8.42 Å². The van der Waals surface area contributed by atoms with E-state index in [2.05, 4.69) is 14.8 Å². The van der Waals surface area contributed by atoms with Crippen LogP contribution >= 0.6 is 11.6 Å². The van der Waals surface area contributed by atoms with Crippen LogP contribution in [0.25, 0.3) is 0 Å². The lowest BCUT2D eigenvalue weighted by Gasteiger charge is -2.10. The molecular formula is C10H12ClN5O2S. The molecule has 0 spiro atoms. The van der Waals surface area contributed by atoms with Crippen molar-refractivity contribution in [2.45, 2.75) is 11.8 Å². The molecule has 0 saturated carbocycles. The summed E-state index contributed by atoms with van der Waals surface area (Å²) in [5.41, 5.74) is 6.77. The molecule has 102 valence electrons. The van der Waals surface area contributed by atoms with Gasteiger partial charge in [0.05, 0.1) is 5.02 Å². The van der Waals surface area contributed by atoms with E-state index in [0.717, 1.165) is 0 Å². The van der Waals surface area contributed by atoms with Crippen molar-refractivity contribution in [1.82, 2.24) is 14.8 Å². The minimum absolute atomic E-state index is 0.0928. The highest BCUT2D eigenvalue weighted by atomic mass is 35.5. The number of hydrogen-bond acceptors (Lipinski definition) is 5. The van der Waals surface area contributed by atoms with Gasteiger partial charge in [0.2, 0.25) is 5.95 Å². The van der Waals surface area contributed by atoms with E-state index in [1.807, 2.05) is 0 Å². The van der Waals surface area contributed by atoms with Crippen molar-refractivity contribution < 1.29 is 8.42 Å². The maximum atomic E-state index is 12.2. The molecule has 9 heteroatoms. The molecule has 1 aromatic heterocycles. The molecule has 0 bridgehead atoms. The third-order valence-corrected chi connectivity index (χ3v) is 4.34. The lowest BCUT2D eigenvalue weighted by molar-refractivity contribution is 0.600. The molecule has 1 aromatic carbocycles. The second-order valence-corrected chi connectivity index (χ2v) is 6.01. The monoisotopic (exact) mass is 301 g/mol. The molecule has 19 heavy (non-hydrogen) atoms. The molecule has 0 radical (unpaired) electrons. The van der Waals surface area contributed by atoms with Crippen LogP contribution in [-0.4, -0.2) is 23.2 Å². The molecule has 1 heterocycles. The number of nitrogens with one attached hydrogen (secondary N) is 1. The number of aryl methyl sites for hydroxylation is 2. The van der Waals surface area contributed by atoms with Crippen molar-refractivity contribution in [3.05, 3.63) is 29.0 Å². The maximum Gasteiger partial charge on any atom is 0.265 e. The van der Waals surface area contributed by atoms with Gasteiger partial charge in [-0.1, -0.05) is 11.6 Å². The molecule has 3 N–H and O–H groups in total. The lowest BCUT2D eigenvalue weighted by atomic mass is 10.2. The van der Waals surface area contributed by atoms with Gasteiger partial charge in [0.1, 0.15) is 11.2 Å². The quantitative estimate of drug-likeness (QED) is 0.828. The summed E-state index contributed by atoms with van der Waals surface area (Å²) >= 11 is 5.95. The van der Waals surface area contributed by atoms with Crippen molar-refractivity contribution in [1.29, 1.82) is 0 Å². The SMILES string of the molecule is Cc1cc(Cl)c(S(=O)(=O)Nc2ncnn2C)cc1N. The first-order valence-electron chi connectivity index (χ1n) is 5.23. The van der Waals surface area contributed by atoms with Crippen LogP contribution in [0.5, 0.6) is 0 Å². The first kappa shape index (κ1) is 13.6. The maximum absolute atomic E-state index is 12.2. The summed E-state index contributed by atoms with van der Waals surface area (Å²) in [5, 5.41) is 3.87. The first-order valence-corrected chi connectivity index (χ1v) is 7.10. The molecule has 0 unspecified atom stereocenters. The Bertz CT molecular complexity index is 726. The molecule has 0 atom stereocenters. The number of rotatable bonds is 3. The van der Waals surface area contributed by atoms with Crippen molar-refractivity contribution in [2.24, 2.45) is 7.05 Å². The number of nitrogens with zero attached hydrogens (tertiary/aromatic N) is 3. The molecule has 0 aliphatic rings. The summed E-state index contributed by atoms with van der Waals surface area (Å²) in [6, 6.07) is 2.82. The minimum Gasteiger partial charge on any atom is -0.398 e. The van der Waals surface area contributed by atoms with Gasteiger partial charge < -0.3 is 5.73 Å². The van der Waals surface area contributed by atoms with Gasteiger partial charge in [-0.05, 0) is 24.6 Å². The Kier molecular flexibility index (Phi) is 3.38. The zero-order valence-electron chi connectivity index (χ0n) is 10.3. The normalized spacial score (nSPS) is 11.5. The van der Waals surface area contributed by atoms with Gasteiger partial charge in [-0.3, -0.25) is 0 Å². The summed E-state index contributed by atoms with van der Waals surface area (Å²) < 4.78 is 28.0. The van der Waals surface area contributed by atoms with Gasteiger partial charge in [0, 0.05) is 12.7 Å². The number of aromatic nitrogens is 3. The zero-order chi connectivity index (χ0) is 14.2. The van der Waals surface area contributed by atoms with E-state index in [1.165, 1.54) is 23.1 Å². The Hall–Kier alpha value is -1.80. The Morgan fingerprint density at radius 2 is 2.11 bits per heavy atom. The predicted molar refractivity (Wildman–Crippen MR) is 72.4 cm³/mol. The van der Waals surface area contributed by atoms with E-state index >= 15 is 0 Å². The average molecular weight is 302 g/mol. The fraction of sp³-hybridized carbons (Fsp3) is 0.200. The zero-order valence-corrected chi connectivity index (χ0v) is 11.8. The van der Waals surface area contributed by atoms with Crippen LogP contribution in [0.1, 0.15) is 5.56 Å². The van der Waals surface area contributed by atoms with Gasteiger partial charge >= 0.3 is 0 Å². The van der Waals surface area contributed by atoms with Gasteiger partial charge in [-0.15, -0.1) is 0 Å². The van der Waals surface area contributed by atoms with Gasteiger partial charge in [-0.2, -0.15) is 10.1 Å². The largest absolute Gasteiger partial charge is 0.398 e. The van der Waals surface area contributed by atoms with Crippen LogP contribution < -0.4 is 10.5 Å². The van der Waals surface area contributed by atoms with Crippen molar-refractivity contribution in [3.8, 4) is 0 Å².